The second kappa shape index (κ2) is 6.87. The molecule has 7 nitrogen and oxygen atoms in total. The van der Waals surface area contributed by atoms with Crippen LogP contribution in [0.25, 0.3) is 0 Å². The van der Waals surface area contributed by atoms with Crippen LogP contribution in [0.4, 0.5) is 16.3 Å². The number of hydrogen-bond donors (Lipinski definition) is 2. The van der Waals surface area contributed by atoms with Gasteiger partial charge < -0.3 is 9.72 Å². The van der Waals surface area contributed by atoms with Crippen molar-refractivity contribution in [2.24, 2.45) is 0 Å². The fraction of sp³-hybridized carbons (Fsp3) is 0.211. The molecular formula is C19H20N4O3. The Labute approximate surface area is 150 Å². The van der Waals surface area contributed by atoms with Crippen LogP contribution < -0.4 is 15.2 Å². The highest BCUT2D eigenvalue weighted by molar-refractivity contribution is 5.95. The Kier molecular flexibility index (Phi) is 4.62. The fourth-order valence-electron chi connectivity index (χ4n) is 2.32. The zero-order valence-electron chi connectivity index (χ0n) is 14.8. The minimum Gasteiger partial charge on any atom is -0.410 e. The maximum atomic E-state index is 12.8. The second-order valence-electron chi connectivity index (χ2n) is 6.82. The third-order valence-electron chi connectivity index (χ3n) is 3.76. The Bertz CT molecular complexity index is 934. The predicted octanol–water partition coefficient (Wildman–Crippen LogP) is 3.73. The van der Waals surface area contributed by atoms with Crippen LogP contribution in [-0.2, 0) is 5.41 Å². The third kappa shape index (κ3) is 3.83. The molecule has 0 aliphatic rings. The first-order valence-electron chi connectivity index (χ1n) is 8.16. The quantitative estimate of drug-likeness (QED) is 0.751. The first kappa shape index (κ1) is 17.5. The number of anilines is 2. The van der Waals surface area contributed by atoms with Crippen LogP contribution in [0.5, 0.6) is 5.75 Å². The molecule has 26 heavy (non-hydrogen) atoms. The fourth-order valence-corrected chi connectivity index (χ4v) is 2.32. The normalized spacial score (nSPS) is 11.2. The average Bonchev–Trinajstić information content (AvgIpc) is 3.08. The largest absolute Gasteiger partial charge is 0.425 e. The van der Waals surface area contributed by atoms with Gasteiger partial charge in [-0.05, 0) is 18.2 Å². The van der Waals surface area contributed by atoms with Gasteiger partial charge in [0.1, 0.15) is 5.75 Å². The van der Waals surface area contributed by atoms with Gasteiger partial charge in [0.15, 0.2) is 5.82 Å². The Morgan fingerprint density at radius 3 is 2.42 bits per heavy atom. The van der Waals surface area contributed by atoms with Gasteiger partial charge >= 0.3 is 6.09 Å². The molecule has 7 heteroatoms. The first-order valence-corrected chi connectivity index (χ1v) is 8.16. The van der Waals surface area contributed by atoms with Gasteiger partial charge in [0.2, 0.25) is 5.56 Å². The number of pyridine rings is 1. The van der Waals surface area contributed by atoms with Crippen LogP contribution in [0.3, 0.4) is 0 Å². The number of aromatic amines is 2. The van der Waals surface area contributed by atoms with E-state index in [1.807, 2.05) is 26.8 Å². The Balaban J connectivity index is 1.99. The Morgan fingerprint density at radius 2 is 1.85 bits per heavy atom. The smallest absolute Gasteiger partial charge is 0.410 e. The van der Waals surface area contributed by atoms with Gasteiger partial charge in [-0.15, -0.1) is 0 Å². The monoisotopic (exact) mass is 352 g/mol. The Morgan fingerprint density at radius 1 is 1.12 bits per heavy atom. The van der Waals surface area contributed by atoms with Crippen molar-refractivity contribution in [2.75, 3.05) is 4.90 Å². The van der Waals surface area contributed by atoms with Crippen LogP contribution in [0.15, 0.2) is 59.5 Å². The molecule has 0 atom stereocenters. The molecule has 1 amide bonds. The van der Waals surface area contributed by atoms with Crippen LogP contribution in [0, 0.1) is 0 Å². The number of carbonyl (C=O) groups excluding carboxylic acids is 1. The first-order chi connectivity index (χ1) is 12.3. The summed E-state index contributed by atoms with van der Waals surface area (Å²) in [6.07, 6.45) is 0.815. The summed E-state index contributed by atoms with van der Waals surface area (Å²) in [7, 11) is 0. The zero-order chi connectivity index (χ0) is 18.7. The lowest BCUT2D eigenvalue weighted by Gasteiger charge is -2.19. The highest BCUT2D eigenvalue weighted by atomic mass is 16.6. The van der Waals surface area contributed by atoms with Crippen molar-refractivity contribution < 1.29 is 9.53 Å². The molecule has 2 N–H and O–H groups in total. The number of carbonyl (C=O) groups is 1. The van der Waals surface area contributed by atoms with Gasteiger partial charge in [-0.2, -0.15) is 5.10 Å². The van der Waals surface area contributed by atoms with E-state index in [0.29, 0.717) is 17.3 Å². The van der Waals surface area contributed by atoms with E-state index in [2.05, 4.69) is 15.2 Å². The van der Waals surface area contributed by atoms with E-state index in [1.54, 1.807) is 30.3 Å². The number of nitrogens with zero attached hydrogens (tertiary/aromatic N) is 2. The molecule has 3 rings (SSSR count). The molecule has 0 unspecified atom stereocenters. The van der Waals surface area contributed by atoms with Crippen LogP contribution >= 0.6 is 0 Å². The van der Waals surface area contributed by atoms with Gasteiger partial charge in [0.05, 0.1) is 5.69 Å². The number of nitrogens with one attached hydrogen (secondary N) is 2. The molecule has 0 aliphatic carbocycles. The molecule has 0 spiro atoms. The lowest BCUT2D eigenvalue weighted by Crippen LogP contribution is -2.30. The standard InChI is InChI=1S/C19H20N4O3/c1-19(2,3)15-11-16(22-21-15)23(13-9-10-17(24)20-12-13)18(25)26-14-7-5-4-6-8-14/h4-12H,1-3H3,(H,20,24)(H,21,22). The van der Waals surface area contributed by atoms with E-state index in [9.17, 15) is 9.59 Å². The Hall–Kier alpha value is -3.35. The van der Waals surface area contributed by atoms with Crippen molar-refractivity contribution in [1.29, 1.82) is 0 Å². The van der Waals surface area contributed by atoms with Crippen molar-refractivity contribution in [3.63, 3.8) is 0 Å². The minimum atomic E-state index is -0.629. The van der Waals surface area contributed by atoms with E-state index in [1.165, 1.54) is 23.2 Å². The van der Waals surface area contributed by atoms with Gasteiger partial charge in [0.25, 0.3) is 0 Å². The molecule has 0 radical (unpaired) electrons. The summed E-state index contributed by atoms with van der Waals surface area (Å²) in [4.78, 5) is 28.0. The highest BCUT2D eigenvalue weighted by Gasteiger charge is 2.25. The van der Waals surface area contributed by atoms with Crippen molar-refractivity contribution in [1.82, 2.24) is 15.2 Å². The summed E-state index contributed by atoms with van der Waals surface area (Å²) in [5.74, 6) is 0.793. The predicted molar refractivity (Wildman–Crippen MR) is 99.0 cm³/mol. The molecule has 2 aromatic heterocycles. The molecular weight excluding hydrogens is 332 g/mol. The van der Waals surface area contributed by atoms with Crippen molar-refractivity contribution in [2.45, 2.75) is 26.2 Å². The van der Waals surface area contributed by atoms with Crippen LogP contribution in [0.2, 0.25) is 0 Å². The van der Waals surface area contributed by atoms with E-state index in [-0.39, 0.29) is 11.0 Å². The van der Waals surface area contributed by atoms with E-state index >= 15 is 0 Å². The van der Waals surface area contributed by atoms with Gasteiger partial charge in [-0.3, -0.25) is 9.89 Å². The lowest BCUT2D eigenvalue weighted by atomic mass is 9.92. The molecule has 134 valence electrons. The number of benzene rings is 1. The minimum absolute atomic E-state index is 0.161. The summed E-state index contributed by atoms with van der Waals surface area (Å²) in [5, 5.41) is 7.21. The molecule has 0 saturated heterocycles. The second-order valence-corrected chi connectivity index (χ2v) is 6.82. The number of rotatable bonds is 3. The molecule has 0 aliphatic heterocycles. The van der Waals surface area contributed by atoms with Crippen LogP contribution in [0.1, 0.15) is 26.5 Å². The summed E-state index contributed by atoms with van der Waals surface area (Å²) >= 11 is 0. The maximum absolute atomic E-state index is 12.8. The SMILES string of the molecule is CC(C)(C)c1cc(N(C(=O)Oc2ccccc2)c2ccc(=O)[nH]c2)n[nH]1. The average molecular weight is 352 g/mol. The van der Waals surface area contributed by atoms with Crippen molar-refractivity contribution in [3.05, 3.63) is 70.8 Å². The highest BCUT2D eigenvalue weighted by Crippen LogP contribution is 2.28. The number of hydrogen-bond acceptors (Lipinski definition) is 4. The summed E-state index contributed by atoms with van der Waals surface area (Å²) < 4.78 is 5.45. The number of H-pyrrole nitrogens is 2. The molecule has 3 aromatic rings. The van der Waals surface area contributed by atoms with E-state index in [0.717, 1.165) is 5.69 Å². The molecule has 2 heterocycles. The van der Waals surface area contributed by atoms with Gasteiger partial charge in [-0.1, -0.05) is 39.0 Å². The summed E-state index contributed by atoms with van der Waals surface area (Å²) in [6.45, 7) is 6.12. The van der Waals surface area contributed by atoms with Gasteiger partial charge in [-0.25, -0.2) is 9.69 Å². The number of amides is 1. The van der Waals surface area contributed by atoms with Crippen molar-refractivity contribution in [3.8, 4) is 5.75 Å². The maximum Gasteiger partial charge on any atom is 0.425 e. The topological polar surface area (TPSA) is 91.1 Å². The molecule has 1 aromatic carbocycles. The lowest BCUT2D eigenvalue weighted by molar-refractivity contribution is 0.210. The summed E-state index contributed by atoms with van der Waals surface area (Å²) in [5.41, 5.74) is 0.889. The number of ether oxygens (including phenoxy) is 1. The van der Waals surface area contributed by atoms with Crippen LogP contribution in [-0.4, -0.2) is 21.3 Å². The van der Waals surface area contributed by atoms with E-state index < -0.39 is 6.09 Å². The number of para-hydroxylation sites is 1. The zero-order valence-corrected chi connectivity index (χ0v) is 14.8. The molecule has 0 saturated carbocycles. The van der Waals surface area contributed by atoms with Gasteiger partial charge in [0, 0.05) is 29.4 Å². The van der Waals surface area contributed by atoms with E-state index in [4.69, 9.17) is 4.74 Å². The molecule has 0 fully saturated rings. The third-order valence-corrected chi connectivity index (χ3v) is 3.76. The number of aromatic nitrogens is 3. The van der Waals surface area contributed by atoms with Crippen molar-refractivity contribution >= 4 is 17.6 Å². The summed E-state index contributed by atoms with van der Waals surface area (Å²) in [6, 6.07) is 13.4. The molecule has 0 bridgehead atoms.